The number of tetrazole rings is 1. The monoisotopic (exact) mass is 234 g/mol. The van der Waals surface area contributed by atoms with E-state index in [1.807, 2.05) is 0 Å². The maximum atomic E-state index is 5.89. The highest BCUT2D eigenvalue weighted by atomic mass is 16.5. The van der Waals surface area contributed by atoms with Crippen LogP contribution in [0.2, 0.25) is 0 Å². The van der Waals surface area contributed by atoms with Crippen molar-refractivity contribution < 1.29 is 4.74 Å². The lowest BCUT2D eigenvalue weighted by molar-refractivity contribution is 0.183. The molecule has 2 aromatic rings. The Labute approximate surface area is 98.4 Å². The van der Waals surface area contributed by atoms with Crippen molar-refractivity contribution in [1.82, 2.24) is 20.2 Å². The van der Waals surface area contributed by atoms with E-state index in [1.54, 1.807) is 30.0 Å². The standard InChI is InChI=1S/C10H14N6O/c1-17-5-4-16-10(13-14-15-16)8-3-2-7(11)6-9(8)12/h2-3,6H,4-5,11-12H2,1H3. The number of nitrogens with zero attached hydrogens (tertiary/aromatic N) is 4. The number of aromatic nitrogens is 4. The van der Waals surface area contributed by atoms with Crippen LogP contribution in [0.3, 0.4) is 0 Å². The molecule has 1 heterocycles. The summed E-state index contributed by atoms with van der Waals surface area (Å²) in [7, 11) is 1.63. The number of nitrogens with two attached hydrogens (primary N) is 2. The highest BCUT2D eigenvalue weighted by Crippen LogP contribution is 2.25. The van der Waals surface area contributed by atoms with E-state index < -0.39 is 0 Å². The molecule has 0 aliphatic heterocycles. The zero-order valence-electron chi connectivity index (χ0n) is 9.50. The summed E-state index contributed by atoms with van der Waals surface area (Å²) in [6.07, 6.45) is 0. The Hall–Kier alpha value is -2.15. The van der Waals surface area contributed by atoms with Crippen LogP contribution in [0.4, 0.5) is 11.4 Å². The van der Waals surface area contributed by atoms with Gasteiger partial charge in [-0.05, 0) is 28.6 Å². The van der Waals surface area contributed by atoms with Crippen LogP contribution in [-0.2, 0) is 11.3 Å². The molecular weight excluding hydrogens is 220 g/mol. The van der Waals surface area contributed by atoms with Gasteiger partial charge in [0.05, 0.1) is 13.2 Å². The Kier molecular flexibility index (Phi) is 3.20. The molecule has 17 heavy (non-hydrogen) atoms. The predicted octanol–water partition coefficient (Wildman–Crippen LogP) is 0.151. The van der Waals surface area contributed by atoms with Crippen LogP contribution < -0.4 is 11.5 Å². The molecule has 0 aliphatic rings. The van der Waals surface area contributed by atoms with Gasteiger partial charge in [0, 0.05) is 24.0 Å². The van der Waals surface area contributed by atoms with Crippen LogP contribution in [0.1, 0.15) is 0 Å². The zero-order valence-corrected chi connectivity index (χ0v) is 9.50. The second-order valence-corrected chi connectivity index (χ2v) is 3.57. The Morgan fingerprint density at radius 3 is 2.88 bits per heavy atom. The summed E-state index contributed by atoms with van der Waals surface area (Å²) in [4.78, 5) is 0. The van der Waals surface area contributed by atoms with Crippen LogP contribution in [0.15, 0.2) is 18.2 Å². The molecule has 2 rings (SSSR count). The molecule has 0 atom stereocenters. The maximum absolute atomic E-state index is 5.89. The van der Waals surface area contributed by atoms with Gasteiger partial charge in [0.25, 0.3) is 0 Å². The van der Waals surface area contributed by atoms with Crippen molar-refractivity contribution >= 4 is 11.4 Å². The van der Waals surface area contributed by atoms with E-state index in [0.717, 1.165) is 5.56 Å². The van der Waals surface area contributed by atoms with E-state index in [2.05, 4.69) is 15.5 Å². The molecule has 7 nitrogen and oxygen atoms in total. The number of benzene rings is 1. The first kappa shape index (κ1) is 11.3. The molecule has 1 aromatic carbocycles. The highest BCUT2D eigenvalue weighted by Gasteiger charge is 2.11. The summed E-state index contributed by atoms with van der Waals surface area (Å²) in [6.45, 7) is 1.11. The molecule has 0 fully saturated rings. The molecule has 0 bridgehead atoms. The molecular formula is C10H14N6O. The van der Waals surface area contributed by atoms with E-state index >= 15 is 0 Å². The zero-order chi connectivity index (χ0) is 12.3. The Balaban J connectivity index is 2.35. The average Bonchev–Trinajstić information content (AvgIpc) is 2.74. The maximum Gasteiger partial charge on any atom is 0.184 e. The van der Waals surface area contributed by atoms with Gasteiger partial charge in [0.1, 0.15) is 0 Å². The summed E-state index contributed by atoms with van der Waals surface area (Å²) in [5.41, 5.74) is 13.5. The molecule has 0 saturated carbocycles. The van der Waals surface area contributed by atoms with Gasteiger partial charge < -0.3 is 16.2 Å². The van der Waals surface area contributed by atoms with E-state index in [9.17, 15) is 0 Å². The Morgan fingerprint density at radius 2 is 2.18 bits per heavy atom. The minimum atomic E-state index is 0.535. The highest BCUT2D eigenvalue weighted by molar-refractivity contribution is 5.74. The van der Waals surface area contributed by atoms with Gasteiger partial charge in [-0.2, -0.15) is 0 Å². The number of nitrogen functional groups attached to an aromatic ring is 2. The van der Waals surface area contributed by atoms with Gasteiger partial charge in [-0.3, -0.25) is 0 Å². The number of hydrogen-bond donors (Lipinski definition) is 2. The first-order chi connectivity index (χ1) is 8.22. The van der Waals surface area contributed by atoms with Crippen molar-refractivity contribution in [3.8, 4) is 11.4 Å². The van der Waals surface area contributed by atoms with Crippen molar-refractivity contribution in [3.63, 3.8) is 0 Å². The SMILES string of the molecule is COCCn1nnnc1-c1ccc(N)cc1N. The molecule has 4 N–H and O–H groups in total. The fraction of sp³-hybridized carbons (Fsp3) is 0.300. The molecule has 0 aliphatic carbocycles. The quantitative estimate of drug-likeness (QED) is 0.729. The molecule has 0 spiro atoms. The minimum absolute atomic E-state index is 0.535. The summed E-state index contributed by atoms with van der Waals surface area (Å²) in [6, 6.07) is 5.26. The summed E-state index contributed by atoms with van der Waals surface area (Å²) in [5, 5.41) is 11.5. The molecule has 0 amide bonds. The molecule has 0 unspecified atom stereocenters. The normalized spacial score (nSPS) is 10.6. The largest absolute Gasteiger partial charge is 0.399 e. The molecule has 0 radical (unpaired) electrons. The van der Waals surface area contributed by atoms with Gasteiger partial charge in [0.2, 0.25) is 0 Å². The number of anilines is 2. The molecule has 0 saturated heterocycles. The van der Waals surface area contributed by atoms with Gasteiger partial charge in [-0.1, -0.05) is 0 Å². The first-order valence-electron chi connectivity index (χ1n) is 5.13. The Morgan fingerprint density at radius 1 is 1.35 bits per heavy atom. The van der Waals surface area contributed by atoms with Crippen molar-refractivity contribution in [2.45, 2.75) is 6.54 Å². The van der Waals surface area contributed by atoms with E-state index in [4.69, 9.17) is 16.2 Å². The van der Waals surface area contributed by atoms with Gasteiger partial charge in [0.15, 0.2) is 5.82 Å². The fourth-order valence-electron chi connectivity index (χ4n) is 1.51. The summed E-state index contributed by atoms with van der Waals surface area (Å²) in [5.74, 6) is 0.611. The van der Waals surface area contributed by atoms with Crippen LogP contribution in [-0.4, -0.2) is 33.9 Å². The lowest BCUT2D eigenvalue weighted by Gasteiger charge is -2.07. The second kappa shape index (κ2) is 4.79. The third-order valence-corrected chi connectivity index (χ3v) is 2.36. The van der Waals surface area contributed by atoms with Crippen LogP contribution >= 0.6 is 0 Å². The van der Waals surface area contributed by atoms with Crippen LogP contribution in [0.25, 0.3) is 11.4 Å². The van der Waals surface area contributed by atoms with Crippen molar-refractivity contribution in [3.05, 3.63) is 18.2 Å². The average molecular weight is 234 g/mol. The lowest BCUT2D eigenvalue weighted by Crippen LogP contribution is -2.08. The second-order valence-electron chi connectivity index (χ2n) is 3.57. The van der Waals surface area contributed by atoms with Gasteiger partial charge in [-0.25, -0.2) is 4.68 Å². The molecule has 7 heteroatoms. The third-order valence-electron chi connectivity index (χ3n) is 2.36. The van der Waals surface area contributed by atoms with Crippen molar-refractivity contribution in [2.24, 2.45) is 0 Å². The topological polar surface area (TPSA) is 105 Å². The fourth-order valence-corrected chi connectivity index (χ4v) is 1.51. The number of hydrogen-bond acceptors (Lipinski definition) is 6. The summed E-state index contributed by atoms with van der Waals surface area (Å²) >= 11 is 0. The Bertz CT molecular complexity index is 509. The van der Waals surface area contributed by atoms with E-state index in [0.29, 0.717) is 30.4 Å². The summed E-state index contributed by atoms with van der Waals surface area (Å²) < 4.78 is 6.63. The van der Waals surface area contributed by atoms with Crippen molar-refractivity contribution in [1.29, 1.82) is 0 Å². The molecule has 1 aromatic heterocycles. The lowest BCUT2D eigenvalue weighted by atomic mass is 10.1. The van der Waals surface area contributed by atoms with Crippen LogP contribution in [0.5, 0.6) is 0 Å². The van der Waals surface area contributed by atoms with Gasteiger partial charge in [-0.15, -0.1) is 5.10 Å². The predicted molar refractivity (Wildman–Crippen MR) is 64.0 cm³/mol. The number of methoxy groups -OCH3 is 1. The smallest absolute Gasteiger partial charge is 0.184 e. The van der Waals surface area contributed by atoms with E-state index in [-0.39, 0.29) is 0 Å². The molecule has 90 valence electrons. The van der Waals surface area contributed by atoms with Gasteiger partial charge >= 0.3 is 0 Å². The first-order valence-corrected chi connectivity index (χ1v) is 5.13. The number of ether oxygens (including phenoxy) is 1. The van der Waals surface area contributed by atoms with Crippen LogP contribution in [0, 0.1) is 0 Å². The third kappa shape index (κ3) is 2.34. The van der Waals surface area contributed by atoms with E-state index in [1.165, 1.54) is 0 Å². The van der Waals surface area contributed by atoms with Crippen molar-refractivity contribution in [2.75, 3.05) is 25.2 Å². The number of rotatable bonds is 4. The minimum Gasteiger partial charge on any atom is -0.399 e.